The van der Waals surface area contributed by atoms with E-state index in [1.807, 2.05) is 6.92 Å². The Morgan fingerprint density at radius 1 is 0.295 bits per heavy atom. The van der Waals surface area contributed by atoms with E-state index in [-0.39, 0.29) is 30.5 Å². The molecule has 9 aliphatic heterocycles. The first-order chi connectivity index (χ1) is 68.7. The van der Waals surface area contributed by atoms with Gasteiger partial charge >= 0.3 is 0 Å². The van der Waals surface area contributed by atoms with E-state index in [2.05, 4.69) is 211 Å². The van der Waals surface area contributed by atoms with Gasteiger partial charge in [-0.1, -0.05) is 79.2 Å². The fourth-order valence-electron chi connectivity index (χ4n) is 21.4. The maximum Gasteiger partial charge on any atom is 0.142 e. The molecule has 139 heavy (non-hydrogen) atoms. The minimum atomic E-state index is 0.131. The number of ether oxygens (including phenoxy) is 17. The van der Waals surface area contributed by atoms with E-state index in [4.69, 9.17) is 80.5 Å². The zero-order valence-corrected chi connectivity index (χ0v) is 83.6. The Labute approximate surface area is 827 Å². The number of fused-ring (bicyclic) bond motifs is 4. The van der Waals surface area contributed by atoms with Gasteiger partial charge in [-0.25, -0.2) is 0 Å². The van der Waals surface area contributed by atoms with E-state index in [9.17, 15) is 0 Å². The highest BCUT2D eigenvalue weighted by molar-refractivity contribution is 5.64. The molecule has 0 radical (unpaired) electrons. The fourth-order valence-corrected chi connectivity index (χ4v) is 21.4. The molecule has 0 spiro atoms. The van der Waals surface area contributed by atoms with Gasteiger partial charge in [0.2, 0.25) is 0 Å². The second kappa shape index (κ2) is 55.5. The molecular weight excluding hydrogens is 1750 g/mol. The predicted molar refractivity (Wildman–Crippen MR) is 550 cm³/mol. The summed E-state index contributed by atoms with van der Waals surface area (Å²) >= 11 is 0. The lowest BCUT2D eigenvalue weighted by Crippen LogP contribution is -2.41. The minimum Gasteiger partial charge on any atom is -0.494 e. The number of piperidine rings is 4. The Morgan fingerprint density at radius 2 is 0.561 bits per heavy atom. The molecule has 0 unspecified atom stereocenters. The Bertz CT molecular complexity index is 4720. The monoisotopic (exact) mass is 1910 g/mol. The molecular formula is C114H158N8O17. The second-order valence-electron chi connectivity index (χ2n) is 38.8. The first kappa shape index (κ1) is 103. The number of nitrogens with zero attached hydrogens (tertiary/aromatic N) is 4. The van der Waals surface area contributed by atoms with E-state index < -0.39 is 0 Å². The first-order valence-electron chi connectivity index (χ1n) is 52.6. The van der Waals surface area contributed by atoms with Gasteiger partial charge in [0.05, 0.1) is 132 Å². The Morgan fingerprint density at radius 3 is 0.835 bits per heavy atom. The number of rotatable bonds is 40. The molecule has 8 aromatic rings. The minimum absolute atomic E-state index is 0.131. The number of benzene rings is 8. The van der Waals surface area contributed by atoms with Crippen molar-refractivity contribution in [1.82, 2.24) is 21.3 Å². The number of hydrogen-bond acceptors (Lipinski definition) is 25. The lowest BCUT2D eigenvalue weighted by Gasteiger charge is -2.33. The molecule has 7 fully saturated rings. The van der Waals surface area contributed by atoms with Gasteiger partial charge in [0.15, 0.2) is 0 Å². The van der Waals surface area contributed by atoms with Crippen molar-refractivity contribution in [3.05, 3.63) is 214 Å². The van der Waals surface area contributed by atoms with Crippen LogP contribution in [0.1, 0.15) is 197 Å². The topological polar surface area (TPSA) is 218 Å². The van der Waals surface area contributed by atoms with Crippen molar-refractivity contribution in [2.24, 2.45) is 0 Å². The molecule has 19 rings (SSSR count). The predicted octanol–water partition coefficient (Wildman–Crippen LogP) is 18.3. The summed E-state index contributed by atoms with van der Waals surface area (Å²) in [5.74, 6) is 9.27. The van der Waals surface area contributed by atoms with Gasteiger partial charge in [0.1, 0.15) is 78.5 Å². The molecule has 0 aromatic heterocycles. The quantitative estimate of drug-likeness (QED) is 0.0262. The molecule has 8 atom stereocenters. The third kappa shape index (κ3) is 30.5. The van der Waals surface area contributed by atoms with Gasteiger partial charge < -0.3 is 121 Å². The van der Waals surface area contributed by atoms with Crippen LogP contribution in [0.4, 0.5) is 22.7 Å². The average Bonchev–Trinajstić information content (AvgIpc) is 1.55. The summed E-state index contributed by atoms with van der Waals surface area (Å²) < 4.78 is 100. The summed E-state index contributed by atoms with van der Waals surface area (Å²) in [6.07, 6.45) is 23.1. The third-order valence-corrected chi connectivity index (χ3v) is 29.1. The summed E-state index contributed by atoms with van der Waals surface area (Å²) in [6, 6.07) is 60.6. The van der Waals surface area contributed by atoms with Crippen LogP contribution < -0.4 is 78.8 Å². The molecule has 25 heteroatoms. The van der Waals surface area contributed by atoms with Crippen molar-refractivity contribution in [1.29, 1.82) is 0 Å². The van der Waals surface area contributed by atoms with Crippen molar-refractivity contribution in [2.75, 3.05) is 225 Å². The second-order valence-corrected chi connectivity index (χ2v) is 38.8. The zero-order chi connectivity index (χ0) is 95.2. The summed E-state index contributed by atoms with van der Waals surface area (Å²) in [5.41, 5.74) is 14.8. The molecule has 756 valence electrons. The van der Waals surface area contributed by atoms with Gasteiger partial charge in [-0.2, -0.15) is 0 Å². The third-order valence-electron chi connectivity index (χ3n) is 29.1. The van der Waals surface area contributed by atoms with E-state index in [1.54, 1.807) is 28.4 Å². The van der Waals surface area contributed by atoms with E-state index in [1.165, 1.54) is 119 Å². The van der Waals surface area contributed by atoms with Crippen LogP contribution in [0.5, 0.6) is 46.0 Å². The van der Waals surface area contributed by atoms with Crippen molar-refractivity contribution in [3.63, 3.8) is 0 Å². The van der Waals surface area contributed by atoms with Crippen LogP contribution in [-0.4, -0.2) is 249 Å². The summed E-state index contributed by atoms with van der Waals surface area (Å²) in [4.78, 5) is 9.60. The molecule has 25 nitrogen and oxygen atoms in total. The number of methoxy groups -OCH3 is 4. The number of hydrogen-bond donors (Lipinski definition) is 4. The van der Waals surface area contributed by atoms with Crippen LogP contribution in [0.15, 0.2) is 170 Å². The maximum atomic E-state index is 6.54. The molecule has 8 aromatic carbocycles. The van der Waals surface area contributed by atoms with Crippen molar-refractivity contribution < 1.29 is 80.5 Å². The summed E-state index contributed by atoms with van der Waals surface area (Å²) in [6.45, 7) is 27.8. The van der Waals surface area contributed by atoms with Crippen LogP contribution in [0.25, 0.3) is 0 Å². The molecule has 4 N–H and O–H groups in total. The SMILES string of the molecule is CCOc1ccc([C@H]2CCNC[C@@H]2OCc2ccc3c(c2)N(CCCOC)CCO3)cc1.COCCCN1CCOc2ccc(CO[C@H]3CNCC[C@@H]3c3ccc(OC4CCCC4)cc3)cc21.COCCCN1CCOc2ccc(CO[C@H]3CNCC[C@@H]3c3ccc(OC4CCCCC4)cc3)cc21.COCCCN1CCOc2ccc(CO[C@H]3CNCC[C@@H]3c3ccc(OC4CCOCC4)cc3)cc21. The Balaban J connectivity index is 0.000000134. The van der Waals surface area contributed by atoms with E-state index in [0.29, 0.717) is 68.9 Å². The van der Waals surface area contributed by atoms with Crippen LogP contribution in [0, 0.1) is 0 Å². The van der Waals surface area contributed by atoms with Crippen molar-refractivity contribution >= 4 is 22.7 Å². The van der Waals surface area contributed by atoms with E-state index in [0.717, 1.165) is 287 Å². The van der Waals surface area contributed by atoms with Crippen LogP contribution in [0.2, 0.25) is 0 Å². The lowest BCUT2D eigenvalue weighted by atomic mass is 9.87. The van der Waals surface area contributed by atoms with Crippen LogP contribution in [0.3, 0.4) is 0 Å². The molecule has 2 saturated carbocycles. The highest BCUT2D eigenvalue weighted by Crippen LogP contribution is 2.42. The van der Waals surface area contributed by atoms with Gasteiger partial charge in [-0.05, 0) is 277 Å². The standard InChI is InChI=1S/C30H42N2O4.C29H40N2O5.C29H40N2O4.C26H36N2O4/c1-33-18-5-16-32-17-19-34-29-13-8-23(20-28(29)32)22-35-30-21-31-15-14-27(30)24-9-11-26(12-10-24)36-25-6-3-2-4-7-25;1-32-15-2-13-31-14-18-34-28-8-3-22(19-27(28)31)21-35-29-20-30-12-9-26(29)23-4-6-24(7-5-23)36-25-10-16-33-17-11-25;1-32-17-4-15-31-16-18-33-28-12-7-22(19-27(28)31)21-34-29-20-30-14-13-26(29)23-8-10-25(11-9-23)35-24-5-2-3-6-24;1-3-30-22-8-6-21(7-9-22)23-11-12-27-18-26(23)32-19-20-5-10-25-24(17-20)28(14-16-31-25)13-4-15-29-2/h8-13,20,25,27,30-31H,2-7,14-19,21-22H2,1H3;3-8,19,25-26,29-30H,2,9-18,20-21H2,1H3;7-12,19,24,26,29-30H,2-6,13-18,20-21H2,1H3;5-10,17,23,26-27H,3-4,11-16,18-19H2,1-2H3/t27-,30+;2*26-,29+;23-,26+/m1111/s1. The Hall–Kier alpha value is -9.16. The number of anilines is 4. The van der Waals surface area contributed by atoms with E-state index >= 15 is 0 Å². The molecule has 2 aliphatic carbocycles. The van der Waals surface area contributed by atoms with Gasteiger partial charge in [0.25, 0.3) is 0 Å². The highest BCUT2D eigenvalue weighted by Gasteiger charge is 2.35. The first-order valence-corrected chi connectivity index (χ1v) is 52.6. The highest BCUT2D eigenvalue weighted by atomic mass is 16.5. The summed E-state index contributed by atoms with van der Waals surface area (Å²) in [7, 11) is 7.03. The van der Waals surface area contributed by atoms with Crippen LogP contribution >= 0.6 is 0 Å². The fraction of sp³-hybridized carbons (Fsp3) is 0.579. The van der Waals surface area contributed by atoms with Gasteiger partial charge in [0, 0.05) is 144 Å². The molecule has 5 saturated heterocycles. The largest absolute Gasteiger partial charge is 0.494 e. The van der Waals surface area contributed by atoms with Gasteiger partial charge in [-0.3, -0.25) is 0 Å². The average molecular weight is 1910 g/mol. The molecule has 0 bridgehead atoms. The number of nitrogens with one attached hydrogen (secondary N) is 4. The van der Waals surface area contributed by atoms with Gasteiger partial charge in [-0.15, -0.1) is 0 Å². The molecule has 9 heterocycles. The lowest BCUT2D eigenvalue weighted by molar-refractivity contribution is 0.0105. The smallest absolute Gasteiger partial charge is 0.142 e. The summed E-state index contributed by atoms with van der Waals surface area (Å²) in [5, 5.41) is 14.1. The zero-order valence-electron chi connectivity index (χ0n) is 83.6. The molecule has 11 aliphatic rings. The van der Waals surface area contributed by atoms with Crippen molar-refractivity contribution in [3.8, 4) is 46.0 Å². The Kier molecular flexibility index (Phi) is 41.0. The van der Waals surface area contributed by atoms with Crippen LogP contribution in [-0.2, 0) is 69.1 Å². The molecule has 0 amide bonds. The normalized spacial score (nSPS) is 22.1. The van der Waals surface area contributed by atoms with Crippen molar-refractivity contribution in [2.45, 2.75) is 222 Å². The maximum absolute atomic E-state index is 6.54.